The summed E-state index contributed by atoms with van der Waals surface area (Å²) >= 11 is 1.36. The van der Waals surface area contributed by atoms with Crippen molar-refractivity contribution in [1.29, 1.82) is 0 Å². The highest BCUT2D eigenvalue weighted by Gasteiger charge is 2.18. The fraction of sp³-hybridized carbons (Fsp3) is 0.722. The van der Waals surface area contributed by atoms with Crippen molar-refractivity contribution in [3.63, 3.8) is 0 Å². The molecule has 3 N–H and O–H groups in total. The van der Waals surface area contributed by atoms with E-state index in [0.29, 0.717) is 16.9 Å². The van der Waals surface area contributed by atoms with Crippen LogP contribution in [0.15, 0.2) is 5.38 Å². The first-order chi connectivity index (χ1) is 12.2. The molecule has 6 nitrogen and oxygen atoms in total. The monoisotopic (exact) mass is 364 g/mol. The summed E-state index contributed by atoms with van der Waals surface area (Å²) in [5, 5.41) is 11.3. The number of nitrogens with one attached hydrogen (secondary N) is 3. The van der Waals surface area contributed by atoms with Gasteiger partial charge in [-0.2, -0.15) is 0 Å². The maximum absolute atomic E-state index is 12.1. The second kappa shape index (κ2) is 9.17. The van der Waals surface area contributed by atoms with Gasteiger partial charge in [0.25, 0.3) is 0 Å². The van der Waals surface area contributed by atoms with E-state index in [9.17, 15) is 9.59 Å². The van der Waals surface area contributed by atoms with Gasteiger partial charge in [-0.05, 0) is 25.7 Å². The number of aromatic nitrogens is 1. The van der Waals surface area contributed by atoms with Gasteiger partial charge in [0, 0.05) is 17.5 Å². The van der Waals surface area contributed by atoms with E-state index in [0.717, 1.165) is 25.7 Å². The Morgan fingerprint density at radius 1 is 0.960 bits per heavy atom. The van der Waals surface area contributed by atoms with Gasteiger partial charge in [0.05, 0.1) is 12.1 Å². The fourth-order valence-electron chi connectivity index (χ4n) is 3.70. The minimum absolute atomic E-state index is 0.0235. The highest BCUT2D eigenvalue weighted by molar-refractivity contribution is 7.13. The van der Waals surface area contributed by atoms with Crippen LogP contribution in [0.3, 0.4) is 0 Å². The summed E-state index contributed by atoms with van der Waals surface area (Å²) in [5.74, 6) is 0.0235. The summed E-state index contributed by atoms with van der Waals surface area (Å²) in [4.78, 5) is 28.5. The standard InChI is InChI=1S/C18H28N4O2S/c23-16(19-13-7-3-1-4-8-13)11-15-12-25-18(21-15)22-17(24)20-14-9-5-2-6-10-14/h12-14H,1-11H2,(H,19,23)(H2,20,21,22,24). The van der Waals surface area contributed by atoms with Gasteiger partial charge in [-0.1, -0.05) is 38.5 Å². The van der Waals surface area contributed by atoms with Crippen molar-refractivity contribution >= 4 is 28.4 Å². The van der Waals surface area contributed by atoms with E-state index >= 15 is 0 Å². The van der Waals surface area contributed by atoms with Crippen LogP contribution in [0.25, 0.3) is 0 Å². The molecule has 1 aromatic heterocycles. The normalized spacial score (nSPS) is 19.4. The molecule has 0 saturated heterocycles. The van der Waals surface area contributed by atoms with E-state index in [1.165, 1.54) is 49.9 Å². The van der Waals surface area contributed by atoms with Crippen molar-refractivity contribution in [2.45, 2.75) is 82.7 Å². The van der Waals surface area contributed by atoms with Crippen LogP contribution in [0.1, 0.15) is 69.9 Å². The van der Waals surface area contributed by atoms with Crippen molar-refractivity contribution in [2.75, 3.05) is 5.32 Å². The predicted octanol–water partition coefficient (Wildman–Crippen LogP) is 3.59. The van der Waals surface area contributed by atoms with Crippen LogP contribution in [-0.4, -0.2) is 29.0 Å². The van der Waals surface area contributed by atoms with E-state index < -0.39 is 0 Å². The Hall–Kier alpha value is -1.63. The topological polar surface area (TPSA) is 83.1 Å². The number of carbonyl (C=O) groups is 2. The van der Waals surface area contributed by atoms with E-state index in [4.69, 9.17) is 0 Å². The third kappa shape index (κ3) is 5.99. The number of thiazole rings is 1. The number of hydrogen-bond donors (Lipinski definition) is 3. The van der Waals surface area contributed by atoms with Crippen LogP contribution in [0.2, 0.25) is 0 Å². The molecule has 0 spiro atoms. The van der Waals surface area contributed by atoms with Gasteiger partial charge >= 0.3 is 6.03 Å². The van der Waals surface area contributed by atoms with E-state index in [1.807, 2.05) is 5.38 Å². The lowest BCUT2D eigenvalue weighted by Gasteiger charge is -2.22. The van der Waals surface area contributed by atoms with Crippen LogP contribution in [-0.2, 0) is 11.2 Å². The number of rotatable bonds is 5. The minimum Gasteiger partial charge on any atom is -0.353 e. The Morgan fingerprint density at radius 2 is 1.56 bits per heavy atom. The molecule has 2 fully saturated rings. The number of amides is 3. The molecular formula is C18H28N4O2S. The average Bonchev–Trinajstić information content (AvgIpc) is 3.03. The first-order valence-electron chi connectivity index (χ1n) is 9.50. The van der Waals surface area contributed by atoms with Crippen molar-refractivity contribution in [2.24, 2.45) is 0 Å². The number of hydrogen-bond acceptors (Lipinski definition) is 4. The number of anilines is 1. The molecule has 1 aromatic rings. The smallest absolute Gasteiger partial charge is 0.321 e. The van der Waals surface area contributed by atoms with Crippen molar-refractivity contribution in [3.05, 3.63) is 11.1 Å². The molecule has 0 bridgehead atoms. The lowest BCUT2D eigenvalue weighted by atomic mass is 9.95. The first kappa shape index (κ1) is 18.2. The molecular weight excluding hydrogens is 336 g/mol. The second-order valence-electron chi connectivity index (χ2n) is 7.16. The summed E-state index contributed by atoms with van der Waals surface area (Å²) in [6.45, 7) is 0. The van der Waals surface area contributed by atoms with E-state index in [2.05, 4.69) is 20.9 Å². The number of urea groups is 1. The van der Waals surface area contributed by atoms with Crippen LogP contribution >= 0.6 is 11.3 Å². The molecule has 138 valence electrons. The molecule has 3 rings (SSSR count). The van der Waals surface area contributed by atoms with Crippen LogP contribution in [0, 0.1) is 0 Å². The maximum Gasteiger partial charge on any atom is 0.321 e. The Labute approximate surface area is 153 Å². The highest BCUT2D eigenvalue weighted by Crippen LogP contribution is 2.20. The molecule has 0 aromatic carbocycles. The predicted molar refractivity (Wildman–Crippen MR) is 99.9 cm³/mol. The molecule has 1 heterocycles. The maximum atomic E-state index is 12.1. The van der Waals surface area contributed by atoms with Gasteiger partial charge in [-0.25, -0.2) is 9.78 Å². The summed E-state index contributed by atoms with van der Waals surface area (Å²) < 4.78 is 0. The van der Waals surface area contributed by atoms with Crippen LogP contribution in [0.5, 0.6) is 0 Å². The lowest BCUT2D eigenvalue weighted by molar-refractivity contribution is -0.121. The zero-order valence-electron chi connectivity index (χ0n) is 14.7. The summed E-state index contributed by atoms with van der Waals surface area (Å²) in [6, 6.07) is 0.396. The third-order valence-corrected chi connectivity index (χ3v) is 5.83. The summed E-state index contributed by atoms with van der Waals surface area (Å²) in [6.07, 6.45) is 11.8. The molecule has 0 radical (unpaired) electrons. The molecule has 2 aliphatic carbocycles. The van der Waals surface area contributed by atoms with Gasteiger partial charge in [-0.15, -0.1) is 11.3 Å². The Bertz CT molecular complexity index is 529. The van der Waals surface area contributed by atoms with Crippen molar-refractivity contribution < 1.29 is 9.59 Å². The molecule has 7 heteroatoms. The van der Waals surface area contributed by atoms with Crippen molar-refractivity contribution in [1.82, 2.24) is 15.6 Å². The van der Waals surface area contributed by atoms with E-state index in [1.54, 1.807) is 0 Å². The Balaban J connectivity index is 1.41. The lowest BCUT2D eigenvalue weighted by Crippen LogP contribution is -2.39. The van der Waals surface area contributed by atoms with E-state index in [-0.39, 0.29) is 24.4 Å². The summed E-state index contributed by atoms with van der Waals surface area (Å²) in [5.41, 5.74) is 0.714. The quantitative estimate of drug-likeness (QED) is 0.746. The minimum atomic E-state index is -0.195. The van der Waals surface area contributed by atoms with Crippen LogP contribution < -0.4 is 16.0 Å². The third-order valence-electron chi connectivity index (χ3n) is 5.02. The number of nitrogens with zero attached hydrogens (tertiary/aromatic N) is 1. The number of carbonyl (C=O) groups excluding carboxylic acids is 2. The van der Waals surface area contributed by atoms with Crippen LogP contribution in [0.4, 0.5) is 9.93 Å². The Morgan fingerprint density at radius 3 is 2.20 bits per heavy atom. The van der Waals surface area contributed by atoms with Gasteiger partial charge in [-0.3, -0.25) is 10.1 Å². The molecule has 2 aliphatic rings. The zero-order chi connectivity index (χ0) is 17.5. The average molecular weight is 365 g/mol. The molecule has 3 amide bonds. The van der Waals surface area contributed by atoms with Crippen molar-refractivity contribution in [3.8, 4) is 0 Å². The SMILES string of the molecule is O=C(Cc1csc(NC(=O)NC2CCCCC2)n1)NC1CCCCC1. The van der Waals surface area contributed by atoms with Gasteiger partial charge < -0.3 is 10.6 Å². The molecule has 0 unspecified atom stereocenters. The zero-order valence-corrected chi connectivity index (χ0v) is 15.5. The van der Waals surface area contributed by atoms with Gasteiger partial charge in [0.1, 0.15) is 0 Å². The molecule has 2 saturated carbocycles. The Kier molecular flexibility index (Phi) is 6.67. The first-order valence-corrected chi connectivity index (χ1v) is 10.4. The molecule has 0 atom stereocenters. The highest BCUT2D eigenvalue weighted by atomic mass is 32.1. The van der Waals surface area contributed by atoms with Gasteiger partial charge in [0.15, 0.2) is 5.13 Å². The fourth-order valence-corrected chi connectivity index (χ4v) is 4.41. The van der Waals surface area contributed by atoms with Gasteiger partial charge in [0.2, 0.25) is 5.91 Å². The molecule has 0 aliphatic heterocycles. The summed E-state index contributed by atoms with van der Waals surface area (Å²) in [7, 11) is 0. The second-order valence-corrected chi connectivity index (χ2v) is 8.01. The molecule has 25 heavy (non-hydrogen) atoms. The largest absolute Gasteiger partial charge is 0.353 e.